The van der Waals surface area contributed by atoms with Gasteiger partial charge in [-0.25, -0.2) is 17.7 Å². The highest BCUT2D eigenvalue weighted by Crippen LogP contribution is 2.35. The van der Waals surface area contributed by atoms with Crippen LogP contribution in [0.25, 0.3) is 28.1 Å². The van der Waals surface area contributed by atoms with Crippen LogP contribution < -0.4 is 0 Å². The third kappa shape index (κ3) is 6.22. The zero-order valence-corrected chi connectivity index (χ0v) is 26.5. The number of nitrogens with one attached hydrogen (secondary N) is 1. The van der Waals surface area contributed by atoms with Crippen LogP contribution in [-0.4, -0.2) is 63.2 Å². The maximum atomic E-state index is 14.0. The maximum absolute atomic E-state index is 14.0. The van der Waals surface area contributed by atoms with Crippen LogP contribution >= 0.6 is 24.0 Å². The number of rotatable bonds is 7. The Balaban J connectivity index is 0.00000400. The van der Waals surface area contributed by atoms with E-state index in [1.807, 2.05) is 48.5 Å². The molecule has 1 atom stereocenters. The summed E-state index contributed by atoms with van der Waals surface area (Å²) in [5.74, 6) is -1.53. The number of carbonyl (C=O) groups is 2. The molecule has 3 aromatic carbocycles. The van der Waals surface area contributed by atoms with E-state index >= 15 is 0 Å². The molecule has 1 aliphatic rings. The maximum Gasteiger partial charge on any atom is 0.268 e. The molecule has 2 amide bonds. The molecule has 9 nitrogen and oxygen atoms in total. The molecular formula is C33H29Cl2N5O4S. The molecule has 1 unspecified atom stereocenters. The van der Waals surface area contributed by atoms with Gasteiger partial charge in [-0.3, -0.25) is 14.6 Å². The standard InChI is InChI=1S/C33H28ClN5O4S.ClH/c1-33(30-21-35-22-37-30)32(41)39(44(42,43)18-4-5-23-7-8-27-20-28(34)14-13-26(27)19-23)17-16-38(33)31(40)25-11-9-24(10-12-25)29-6-2-3-15-36-29;/h2-15,19-22H,16-18H2,1H3,(H,35,37);1H. The summed E-state index contributed by atoms with van der Waals surface area (Å²) in [5, 5.41) is 2.58. The Hall–Kier alpha value is -4.51. The summed E-state index contributed by atoms with van der Waals surface area (Å²) < 4.78 is 27.9. The summed E-state index contributed by atoms with van der Waals surface area (Å²) in [6.07, 6.45) is 7.75. The zero-order chi connectivity index (χ0) is 30.9. The Bertz CT molecular complexity index is 1990. The second-order valence-electron chi connectivity index (χ2n) is 10.6. The van der Waals surface area contributed by atoms with Gasteiger partial charge in [0.2, 0.25) is 10.0 Å². The monoisotopic (exact) mass is 661 g/mol. The summed E-state index contributed by atoms with van der Waals surface area (Å²) in [5.41, 5.74) is 1.46. The van der Waals surface area contributed by atoms with Crippen molar-refractivity contribution in [2.75, 3.05) is 18.8 Å². The molecule has 3 heterocycles. The number of fused-ring (bicyclic) bond motifs is 1. The van der Waals surface area contributed by atoms with Gasteiger partial charge >= 0.3 is 0 Å². The van der Waals surface area contributed by atoms with Crippen molar-refractivity contribution in [1.82, 2.24) is 24.2 Å². The molecule has 0 aliphatic carbocycles. The fourth-order valence-corrected chi connectivity index (χ4v) is 6.92. The number of aromatic nitrogens is 3. The van der Waals surface area contributed by atoms with Gasteiger partial charge in [0, 0.05) is 28.9 Å². The molecule has 1 aliphatic heterocycles. The number of carbonyl (C=O) groups excluding carboxylic acids is 2. The van der Waals surface area contributed by atoms with Crippen molar-refractivity contribution in [3.63, 3.8) is 0 Å². The smallest absolute Gasteiger partial charge is 0.268 e. The van der Waals surface area contributed by atoms with Crippen LogP contribution in [0.2, 0.25) is 5.02 Å². The molecule has 0 spiro atoms. The third-order valence-corrected chi connectivity index (χ3v) is 9.72. The van der Waals surface area contributed by atoms with Crippen molar-refractivity contribution < 1.29 is 18.0 Å². The molecule has 12 heteroatoms. The van der Waals surface area contributed by atoms with E-state index in [-0.39, 0.29) is 31.2 Å². The van der Waals surface area contributed by atoms with Gasteiger partial charge in [0.05, 0.1) is 36.2 Å². The summed E-state index contributed by atoms with van der Waals surface area (Å²) in [4.78, 5) is 40.6. The molecule has 1 fully saturated rings. The second kappa shape index (κ2) is 12.8. The van der Waals surface area contributed by atoms with E-state index in [1.54, 1.807) is 49.5 Å². The largest absolute Gasteiger partial charge is 0.346 e. The quantitative estimate of drug-likeness (QED) is 0.231. The minimum Gasteiger partial charge on any atom is -0.346 e. The van der Waals surface area contributed by atoms with E-state index in [4.69, 9.17) is 11.6 Å². The number of sulfonamides is 1. The topological polar surface area (TPSA) is 116 Å². The van der Waals surface area contributed by atoms with Crippen LogP contribution in [0.3, 0.4) is 0 Å². The third-order valence-electron chi connectivity index (χ3n) is 7.85. The van der Waals surface area contributed by atoms with Crippen LogP contribution in [0.5, 0.6) is 0 Å². The minimum absolute atomic E-state index is 0. The fraction of sp³-hybridized carbons (Fsp3) is 0.152. The first kappa shape index (κ1) is 31.9. The predicted octanol–water partition coefficient (Wildman–Crippen LogP) is 5.94. The molecule has 5 aromatic rings. The number of pyridine rings is 1. The van der Waals surface area contributed by atoms with Crippen molar-refractivity contribution in [2.24, 2.45) is 0 Å². The summed E-state index contributed by atoms with van der Waals surface area (Å²) in [6, 6.07) is 23.8. The predicted molar refractivity (Wildman–Crippen MR) is 177 cm³/mol. The molecule has 2 aromatic heterocycles. The van der Waals surface area contributed by atoms with Crippen molar-refractivity contribution in [2.45, 2.75) is 12.5 Å². The molecule has 45 heavy (non-hydrogen) atoms. The SMILES string of the molecule is CC1(c2cnc[nH]2)C(=O)N(S(=O)(=O)CC=Cc2ccc3cc(Cl)ccc3c2)CCN1C(=O)c1ccc(-c2ccccn2)cc1.Cl. The van der Waals surface area contributed by atoms with E-state index < -0.39 is 27.4 Å². The number of hydrogen-bond donors (Lipinski definition) is 1. The number of benzene rings is 3. The summed E-state index contributed by atoms with van der Waals surface area (Å²) in [7, 11) is -4.06. The number of amides is 2. The van der Waals surface area contributed by atoms with E-state index in [0.717, 1.165) is 31.9 Å². The van der Waals surface area contributed by atoms with Crippen LogP contribution in [0, 0.1) is 0 Å². The first-order chi connectivity index (χ1) is 21.2. The van der Waals surface area contributed by atoms with E-state index in [2.05, 4.69) is 15.0 Å². The van der Waals surface area contributed by atoms with Crippen molar-refractivity contribution in [3.05, 3.63) is 126 Å². The van der Waals surface area contributed by atoms with Gasteiger partial charge in [-0.1, -0.05) is 60.2 Å². The number of H-pyrrole nitrogens is 1. The number of halogens is 2. The average Bonchev–Trinajstić information content (AvgIpc) is 3.58. The van der Waals surface area contributed by atoms with Crippen LogP contribution in [0.4, 0.5) is 0 Å². The molecule has 0 bridgehead atoms. The van der Waals surface area contributed by atoms with Crippen molar-refractivity contribution in [3.8, 4) is 11.3 Å². The lowest BCUT2D eigenvalue weighted by Crippen LogP contribution is -2.65. The highest BCUT2D eigenvalue weighted by atomic mass is 35.5. The highest BCUT2D eigenvalue weighted by molar-refractivity contribution is 7.89. The average molecular weight is 663 g/mol. The molecule has 230 valence electrons. The molecule has 1 N–H and O–H groups in total. The van der Waals surface area contributed by atoms with Crippen molar-refractivity contribution >= 4 is 62.7 Å². The Labute approximate surface area is 272 Å². The minimum atomic E-state index is -4.06. The molecular weight excluding hydrogens is 633 g/mol. The first-order valence-electron chi connectivity index (χ1n) is 13.9. The number of imidazole rings is 1. The van der Waals surface area contributed by atoms with Crippen LogP contribution in [0.15, 0.2) is 104 Å². The molecule has 1 saturated heterocycles. The normalized spacial score (nSPS) is 17.1. The zero-order valence-electron chi connectivity index (χ0n) is 24.1. The Kier molecular flexibility index (Phi) is 9.11. The Morgan fingerprint density at radius 2 is 1.78 bits per heavy atom. The fourth-order valence-electron chi connectivity index (χ4n) is 5.43. The van der Waals surface area contributed by atoms with E-state index in [0.29, 0.717) is 16.3 Å². The van der Waals surface area contributed by atoms with Gasteiger partial charge in [-0.05, 0) is 65.7 Å². The van der Waals surface area contributed by atoms with Crippen molar-refractivity contribution in [1.29, 1.82) is 0 Å². The Morgan fingerprint density at radius 1 is 1.02 bits per heavy atom. The molecule has 0 radical (unpaired) electrons. The lowest BCUT2D eigenvalue weighted by molar-refractivity contribution is -0.142. The number of aromatic amines is 1. The van der Waals surface area contributed by atoms with E-state index in [1.165, 1.54) is 23.5 Å². The highest BCUT2D eigenvalue weighted by Gasteiger charge is 2.53. The van der Waals surface area contributed by atoms with Gasteiger partial charge in [0.1, 0.15) is 0 Å². The lowest BCUT2D eigenvalue weighted by Gasteiger charge is -2.46. The van der Waals surface area contributed by atoms with Gasteiger partial charge in [0.15, 0.2) is 5.54 Å². The number of hydrogen-bond acceptors (Lipinski definition) is 6. The van der Waals surface area contributed by atoms with Gasteiger partial charge in [-0.15, -0.1) is 12.4 Å². The lowest BCUT2D eigenvalue weighted by atomic mass is 9.91. The van der Waals surface area contributed by atoms with Crippen LogP contribution in [-0.2, 0) is 20.4 Å². The van der Waals surface area contributed by atoms with Crippen LogP contribution in [0.1, 0.15) is 28.5 Å². The first-order valence-corrected chi connectivity index (χ1v) is 15.9. The van der Waals surface area contributed by atoms with Gasteiger partial charge in [0.25, 0.3) is 11.8 Å². The Morgan fingerprint density at radius 3 is 2.49 bits per heavy atom. The molecule has 6 rings (SSSR count). The molecule has 0 saturated carbocycles. The summed E-state index contributed by atoms with van der Waals surface area (Å²) >= 11 is 6.07. The second-order valence-corrected chi connectivity index (χ2v) is 13.0. The van der Waals surface area contributed by atoms with Gasteiger partial charge in [-0.2, -0.15) is 0 Å². The number of piperazine rings is 1. The van der Waals surface area contributed by atoms with E-state index in [9.17, 15) is 18.0 Å². The van der Waals surface area contributed by atoms with Gasteiger partial charge < -0.3 is 9.88 Å². The summed E-state index contributed by atoms with van der Waals surface area (Å²) in [6.45, 7) is 1.37. The number of nitrogens with zero attached hydrogens (tertiary/aromatic N) is 4.